The summed E-state index contributed by atoms with van der Waals surface area (Å²) in [5.74, 6) is 1.60. The number of allylic oxidation sites excluding steroid dienone is 1. The summed E-state index contributed by atoms with van der Waals surface area (Å²) in [6.45, 7) is 1.88. The largest absolute Gasteiger partial charge is 0.495 e. The van der Waals surface area contributed by atoms with Crippen LogP contribution in [-0.4, -0.2) is 27.8 Å². The number of amides is 1. The predicted octanol–water partition coefficient (Wildman–Crippen LogP) is 4.94. The lowest BCUT2D eigenvalue weighted by Gasteiger charge is -2.28. The highest BCUT2D eigenvalue weighted by Gasteiger charge is 2.34. The summed E-state index contributed by atoms with van der Waals surface area (Å²) in [5.41, 5.74) is 2.85. The van der Waals surface area contributed by atoms with Crippen LogP contribution in [-0.2, 0) is 4.79 Å². The van der Waals surface area contributed by atoms with Crippen molar-refractivity contribution in [1.29, 1.82) is 0 Å². The van der Waals surface area contributed by atoms with Crippen molar-refractivity contribution in [1.82, 2.24) is 14.8 Å². The van der Waals surface area contributed by atoms with E-state index in [9.17, 15) is 4.79 Å². The van der Waals surface area contributed by atoms with Gasteiger partial charge in [-0.05, 0) is 36.1 Å². The molecule has 1 atom stereocenters. The maximum atomic E-state index is 13.6. The van der Waals surface area contributed by atoms with E-state index in [0.717, 1.165) is 16.1 Å². The number of nitrogens with one attached hydrogen (secondary N) is 2. The highest BCUT2D eigenvalue weighted by Crippen LogP contribution is 2.37. The smallest absolute Gasteiger partial charge is 0.255 e. The molecule has 0 saturated heterocycles. The molecule has 2 aromatic heterocycles. The number of nitrogens with zero attached hydrogens (tertiary/aromatic N) is 3. The Morgan fingerprint density at radius 2 is 1.88 bits per heavy atom. The third-order valence-corrected chi connectivity index (χ3v) is 6.18. The van der Waals surface area contributed by atoms with E-state index in [0.29, 0.717) is 28.8 Å². The summed E-state index contributed by atoms with van der Waals surface area (Å²) in [6, 6.07) is 20.7. The van der Waals surface area contributed by atoms with E-state index in [-0.39, 0.29) is 5.91 Å². The average molecular weight is 444 g/mol. The van der Waals surface area contributed by atoms with Crippen LogP contribution in [0, 0.1) is 0 Å². The first-order chi connectivity index (χ1) is 15.7. The maximum Gasteiger partial charge on any atom is 0.255 e. The third-order valence-electron chi connectivity index (χ3n) is 5.31. The first kappa shape index (κ1) is 20.0. The number of rotatable bonds is 5. The number of carbonyl (C=O) groups is 1. The fourth-order valence-corrected chi connectivity index (χ4v) is 4.49. The van der Waals surface area contributed by atoms with E-state index in [1.54, 1.807) is 23.1 Å². The Morgan fingerprint density at radius 3 is 2.62 bits per heavy atom. The Kier molecular flexibility index (Phi) is 5.20. The summed E-state index contributed by atoms with van der Waals surface area (Å²) < 4.78 is 7.19. The highest BCUT2D eigenvalue weighted by molar-refractivity contribution is 7.13. The van der Waals surface area contributed by atoms with Crippen molar-refractivity contribution in [2.75, 3.05) is 17.7 Å². The quantitative estimate of drug-likeness (QED) is 0.457. The van der Waals surface area contributed by atoms with Gasteiger partial charge in [-0.3, -0.25) is 4.79 Å². The fraction of sp³-hybridized carbons (Fsp3) is 0.125. The molecule has 0 spiro atoms. The molecule has 2 N–H and O–H groups in total. The normalized spacial score (nSPS) is 15.1. The van der Waals surface area contributed by atoms with Crippen molar-refractivity contribution in [3.8, 4) is 16.5 Å². The number of benzene rings is 2. The van der Waals surface area contributed by atoms with Crippen molar-refractivity contribution in [3.63, 3.8) is 0 Å². The van der Waals surface area contributed by atoms with E-state index < -0.39 is 6.04 Å². The van der Waals surface area contributed by atoms with Gasteiger partial charge in [-0.1, -0.05) is 48.5 Å². The lowest BCUT2D eigenvalue weighted by Crippen LogP contribution is -2.31. The molecule has 5 rings (SSSR count). The molecule has 3 heterocycles. The second kappa shape index (κ2) is 8.32. The molecule has 160 valence electrons. The van der Waals surface area contributed by atoms with E-state index in [1.165, 1.54) is 0 Å². The second-order valence-corrected chi connectivity index (χ2v) is 8.26. The Hall–Kier alpha value is -3.91. The number of hydrogen-bond donors (Lipinski definition) is 2. The zero-order valence-electron chi connectivity index (χ0n) is 17.6. The first-order valence-corrected chi connectivity index (χ1v) is 11.0. The highest BCUT2D eigenvalue weighted by atomic mass is 32.1. The lowest BCUT2D eigenvalue weighted by molar-refractivity contribution is -0.113. The minimum Gasteiger partial charge on any atom is -0.495 e. The van der Waals surface area contributed by atoms with Gasteiger partial charge in [-0.2, -0.15) is 4.98 Å². The van der Waals surface area contributed by atoms with Crippen LogP contribution in [0.15, 0.2) is 83.4 Å². The molecule has 0 radical (unpaired) electrons. The van der Waals surface area contributed by atoms with Crippen molar-refractivity contribution in [2.45, 2.75) is 13.0 Å². The molecule has 1 aliphatic rings. The van der Waals surface area contributed by atoms with Gasteiger partial charge in [0.2, 0.25) is 5.95 Å². The van der Waals surface area contributed by atoms with Crippen LogP contribution in [0.2, 0.25) is 0 Å². The van der Waals surface area contributed by atoms with Gasteiger partial charge >= 0.3 is 0 Å². The summed E-state index contributed by atoms with van der Waals surface area (Å²) >= 11 is 1.58. The first-order valence-electron chi connectivity index (χ1n) is 10.1. The summed E-state index contributed by atoms with van der Waals surface area (Å²) in [5, 5.41) is 13.0. The van der Waals surface area contributed by atoms with Crippen LogP contribution < -0.4 is 15.4 Å². The summed E-state index contributed by atoms with van der Waals surface area (Å²) in [7, 11) is 1.58. The molecule has 4 aromatic rings. The Balaban J connectivity index is 1.59. The summed E-state index contributed by atoms with van der Waals surface area (Å²) in [4.78, 5) is 19.2. The van der Waals surface area contributed by atoms with E-state index in [2.05, 4.69) is 15.6 Å². The fourth-order valence-electron chi connectivity index (χ4n) is 3.84. The number of ether oxygens (including phenoxy) is 1. The van der Waals surface area contributed by atoms with Crippen LogP contribution in [0.25, 0.3) is 10.7 Å². The van der Waals surface area contributed by atoms with Crippen molar-refractivity contribution >= 4 is 28.9 Å². The molecule has 32 heavy (non-hydrogen) atoms. The van der Waals surface area contributed by atoms with Gasteiger partial charge in [0.25, 0.3) is 5.91 Å². The Morgan fingerprint density at radius 1 is 1.09 bits per heavy atom. The number of carbonyl (C=O) groups excluding carboxylic acids is 1. The number of thiophene rings is 1. The van der Waals surface area contributed by atoms with E-state index in [4.69, 9.17) is 9.84 Å². The molecule has 2 aromatic carbocycles. The van der Waals surface area contributed by atoms with Crippen LogP contribution in [0.1, 0.15) is 18.5 Å². The van der Waals surface area contributed by atoms with Gasteiger partial charge in [-0.15, -0.1) is 16.4 Å². The third kappa shape index (κ3) is 3.54. The molecule has 0 unspecified atom stereocenters. The molecular weight excluding hydrogens is 422 g/mol. The molecule has 0 aliphatic carbocycles. The topological polar surface area (TPSA) is 81.1 Å². The van der Waals surface area contributed by atoms with Crippen LogP contribution in [0.4, 0.5) is 11.6 Å². The molecular formula is C24H21N5O2S. The van der Waals surface area contributed by atoms with Crippen LogP contribution >= 0.6 is 11.3 Å². The number of hydrogen-bond acceptors (Lipinski definition) is 6. The molecule has 0 saturated carbocycles. The van der Waals surface area contributed by atoms with Gasteiger partial charge in [0.1, 0.15) is 11.8 Å². The van der Waals surface area contributed by atoms with Gasteiger partial charge in [0.05, 0.1) is 23.2 Å². The standard InChI is InChI=1S/C24H21N5O2S/c1-15-20(23(30)26-17-11-6-7-12-18(17)31-2)21(16-9-4-3-5-10-16)29-24(25-15)27-22(28-29)19-13-8-14-32-19/h3-14,21H,1-2H3,(H,26,30)(H,25,27,28)/t21-/m1/s1. The zero-order valence-corrected chi connectivity index (χ0v) is 18.4. The number of para-hydroxylation sites is 2. The van der Waals surface area contributed by atoms with Crippen LogP contribution in [0.3, 0.4) is 0 Å². The molecule has 0 bridgehead atoms. The average Bonchev–Trinajstić information content (AvgIpc) is 3.49. The number of methoxy groups -OCH3 is 1. The number of anilines is 2. The zero-order chi connectivity index (χ0) is 22.1. The van der Waals surface area contributed by atoms with Crippen molar-refractivity contribution < 1.29 is 9.53 Å². The number of fused-ring (bicyclic) bond motifs is 1. The monoisotopic (exact) mass is 443 g/mol. The molecule has 0 fully saturated rings. The van der Waals surface area contributed by atoms with Gasteiger partial charge < -0.3 is 15.4 Å². The second-order valence-electron chi connectivity index (χ2n) is 7.31. The van der Waals surface area contributed by atoms with Crippen molar-refractivity contribution in [3.05, 3.63) is 88.9 Å². The van der Waals surface area contributed by atoms with Crippen LogP contribution in [0.5, 0.6) is 5.75 Å². The Labute approximate surface area is 189 Å². The van der Waals surface area contributed by atoms with Gasteiger partial charge in [-0.25, -0.2) is 4.68 Å². The van der Waals surface area contributed by atoms with Crippen molar-refractivity contribution in [2.24, 2.45) is 0 Å². The SMILES string of the molecule is COc1ccccc1NC(=O)C1=C(C)Nc2nc(-c3cccs3)nn2[C@@H]1c1ccccc1. The molecule has 1 amide bonds. The lowest BCUT2D eigenvalue weighted by atomic mass is 9.95. The maximum absolute atomic E-state index is 13.6. The molecule has 8 heteroatoms. The Bertz CT molecular complexity index is 1300. The molecule has 1 aliphatic heterocycles. The minimum absolute atomic E-state index is 0.229. The van der Waals surface area contributed by atoms with Gasteiger partial charge in [0, 0.05) is 5.70 Å². The van der Waals surface area contributed by atoms with Gasteiger partial charge in [0.15, 0.2) is 5.82 Å². The predicted molar refractivity (Wildman–Crippen MR) is 126 cm³/mol. The minimum atomic E-state index is -0.427. The van der Waals surface area contributed by atoms with E-state index >= 15 is 0 Å². The van der Waals surface area contributed by atoms with E-state index in [1.807, 2.05) is 79.0 Å². The summed E-state index contributed by atoms with van der Waals surface area (Å²) in [6.07, 6.45) is 0. The number of aromatic nitrogens is 3. The molecule has 7 nitrogen and oxygen atoms in total.